The number of carboxylic acids is 1. The second-order valence-corrected chi connectivity index (χ2v) is 4.04. The number of hydrogen-bond donors (Lipinski definition) is 3. The van der Waals surface area contributed by atoms with Crippen molar-refractivity contribution in [3.63, 3.8) is 0 Å². The lowest BCUT2D eigenvalue weighted by molar-refractivity contribution is -0.136. The number of benzene rings is 1. The molecule has 3 aromatic rings. The topological polar surface area (TPSA) is 112 Å². The number of H-pyrrole nitrogens is 2. The number of rotatable bonds is 3. The zero-order chi connectivity index (χ0) is 13.4. The average molecular weight is 259 g/mol. The van der Waals surface area contributed by atoms with Gasteiger partial charge in [0.25, 0.3) is 0 Å². The van der Waals surface area contributed by atoms with Crippen LogP contribution in [0.3, 0.4) is 0 Å². The lowest BCUT2D eigenvalue weighted by Gasteiger charge is -1.96. The largest absolute Gasteiger partial charge is 0.481 e. The Labute approximate surface area is 105 Å². The Morgan fingerprint density at radius 2 is 2.21 bits per heavy atom. The van der Waals surface area contributed by atoms with Crippen molar-refractivity contribution in [2.45, 2.75) is 6.42 Å². The minimum absolute atomic E-state index is 0.162. The van der Waals surface area contributed by atoms with E-state index in [4.69, 9.17) is 9.52 Å². The highest BCUT2D eigenvalue weighted by atomic mass is 16.4. The lowest BCUT2D eigenvalue weighted by atomic mass is 10.1. The van der Waals surface area contributed by atoms with Crippen LogP contribution in [0.4, 0.5) is 0 Å². The molecule has 0 saturated heterocycles. The third-order valence-corrected chi connectivity index (χ3v) is 2.68. The quantitative estimate of drug-likeness (QED) is 0.652. The van der Waals surface area contributed by atoms with Crippen molar-refractivity contribution in [2.75, 3.05) is 0 Å². The predicted octanol–water partition coefficient (Wildman–Crippen LogP) is 1.14. The van der Waals surface area contributed by atoms with Crippen molar-refractivity contribution in [3.8, 4) is 11.3 Å². The highest BCUT2D eigenvalue weighted by Crippen LogP contribution is 2.21. The summed E-state index contributed by atoms with van der Waals surface area (Å²) < 4.78 is 4.90. The van der Waals surface area contributed by atoms with Gasteiger partial charge in [-0.25, -0.2) is 9.78 Å². The molecule has 0 amide bonds. The molecule has 96 valence electrons. The van der Waals surface area contributed by atoms with E-state index >= 15 is 0 Å². The van der Waals surface area contributed by atoms with Gasteiger partial charge in [-0.15, -0.1) is 0 Å². The number of nitrogens with zero attached hydrogens (tertiary/aromatic N) is 1. The standard InChI is InChI=1S/C12H9N3O4/c16-11(17)4-10-13-5-8(14-10)6-1-2-9-7(3-6)15-12(18)19-9/h1-3,5H,4H2,(H,13,14)(H,15,18)(H,16,17). The molecule has 0 radical (unpaired) electrons. The smallest absolute Gasteiger partial charge is 0.417 e. The molecule has 3 rings (SSSR count). The normalized spacial score (nSPS) is 10.9. The van der Waals surface area contributed by atoms with Crippen molar-refractivity contribution in [1.29, 1.82) is 0 Å². The lowest BCUT2D eigenvalue weighted by Crippen LogP contribution is -2.01. The molecular weight excluding hydrogens is 250 g/mol. The van der Waals surface area contributed by atoms with Crippen LogP contribution in [0.2, 0.25) is 0 Å². The number of aromatic nitrogens is 3. The van der Waals surface area contributed by atoms with Crippen LogP contribution in [0.1, 0.15) is 5.82 Å². The number of carbonyl (C=O) groups is 1. The summed E-state index contributed by atoms with van der Waals surface area (Å²) in [4.78, 5) is 31.1. The second kappa shape index (κ2) is 4.13. The van der Waals surface area contributed by atoms with Gasteiger partial charge in [-0.2, -0.15) is 0 Å². The number of carboxylic acid groups (broad SMARTS) is 1. The molecule has 7 nitrogen and oxygen atoms in total. The van der Waals surface area contributed by atoms with Crippen LogP contribution in [0.5, 0.6) is 0 Å². The Morgan fingerprint density at radius 3 is 3.00 bits per heavy atom. The number of imidazole rings is 1. The molecule has 0 spiro atoms. The maximum Gasteiger partial charge on any atom is 0.417 e. The van der Waals surface area contributed by atoms with Crippen LogP contribution in [0.25, 0.3) is 22.4 Å². The van der Waals surface area contributed by atoms with Crippen molar-refractivity contribution >= 4 is 17.1 Å². The Bertz CT molecular complexity index is 812. The Balaban J connectivity index is 2.01. The molecule has 0 atom stereocenters. The molecule has 19 heavy (non-hydrogen) atoms. The fourth-order valence-corrected chi connectivity index (χ4v) is 1.86. The van der Waals surface area contributed by atoms with Crippen LogP contribution in [0, 0.1) is 0 Å². The van der Waals surface area contributed by atoms with Gasteiger partial charge < -0.3 is 14.5 Å². The van der Waals surface area contributed by atoms with Gasteiger partial charge in [0.05, 0.1) is 17.4 Å². The number of oxazole rings is 1. The maximum absolute atomic E-state index is 11.1. The first kappa shape index (κ1) is 11.3. The van der Waals surface area contributed by atoms with Gasteiger partial charge in [-0.05, 0) is 18.2 Å². The van der Waals surface area contributed by atoms with Crippen LogP contribution >= 0.6 is 0 Å². The second-order valence-electron chi connectivity index (χ2n) is 4.04. The van der Waals surface area contributed by atoms with Crippen LogP contribution in [-0.2, 0) is 11.2 Å². The number of aromatic amines is 2. The molecule has 0 aliphatic heterocycles. The van der Waals surface area contributed by atoms with Gasteiger partial charge in [-0.1, -0.05) is 0 Å². The summed E-state index contributed by atoms with van der Waals surface area (Å²) in [5, 5.41) is 8.68. The molecule has 0 saturated carbocycles. The van der Waals surface area contributed by atoms with Crippen LogP contribution in [0.15, 0.2) is 33.6 Å². The summed E-state index contributed by atoms with van der Waals surface area (Å²) in [6, 6.07) is 5.16. The van der Waals surface area contributed by atoms with Crippen LogP contribution in [-0.4, -0.2) is 26.0 Å². The Hall–Kier alpha value is -2.83. The van der Waals surface area contributed by atoms with Gasteiger partial charge in [-0.3, -0.25) is 9.78 Å². The molecule has 0 fully saturated rings. The van der Waals surface area contributed by atoms with E-state index in [2.05, 4.69) is 15.0 Å². The minimum atomic E-state index is -0.949. The molecule has 2 heterocycles. The van der Waals surface area contributed by atoms with Crippen LogP contribution < -0.4 is 5.76 Å². The molecule has 0 bridgehead atoms. The highest BCUT2D eigenvalue weighted by Gasteiger charge is 2.08. The van der Waals surface area contributed by atoms with E-state index in [0.717, 1.165) is 5.56 Å². The van der Waals surface area contributed by atoms with Gasteiger partial charge in [0.2, 0.25) is 0 Å². The Kier molecular flexibility index (Phi) is 2.45. The fourth-order valence-electron chi connectivity index (χ4n) is 1.86. The third-order valence-electron chi connectivity index (χ3n) is 2.68. The van der Waals surface area contributed by atoms with E-state index in [1.807, 2.05) is 0 Å². The van der Waals surface area contributed by atoms with Crippen molar-refractivity contribution in [1.82, 2.24) is 15.0 Å². The molecular formula is C12H9N3O4. The van der Waals surface area contributed by atoms with Gasteiger partial charge >= 0.3 is 11.7 Å². The van der Waals surface area contributed by atoms with E-state index in [-0.39, 0.29) is 6.42 Å². The van der Waals surface area contributed by atoms with Crippen molar-refractivity contribution in [2.24, 2.45) is 0 Å². The zero-order valence-electron chi connectivity index (χ0n) is 9.64. The molecule has 7 heteroatoms. The number of aliphatic carboxylic acids is 1. The molecule has 0 aliphatic rings. The van der Waals surface area contributed by atoms with E-state index in [1.54, 1.807) is 24.4 Å². The first-order valence-electron chi connectivity index (χ1n) is 5.51. The first-order valence-corrected chi connectivity index (χ1v) is 5.51. The maximum atomic E-state index is 11.1. The van der Waals surface area contributed by atoms with Gasteiger partial charge in [0.1, 0.15) is 12.2 Å². The summed E-state index contributed by atoms with van der Waals surface area (Å²) >= 11 is 0. The van der Waals surface area contributed by atoms with E-state index < -0.39 is 11.7 Å². The van der Waals surface area contributed by atoms with Gasteiger partial charge in [0.15, 0.2) is 5.58 Å². The summed E-state index contributed by atoms with van der Waals surface area (Å²) in [6.45, 7) is 0. The summed E-state index contributed by atoms with van der Waals surface area (Å²) in [6.07, 6.45) is 1.39. The average Bonchev–Trinajstić information content (AvgIpc) is 2.92. The summed E-state index contributed by atoms with van der Waals surface area (Å²) in [5.74, 6) is -1.08. The number of fused-ring (bicyclic) bond motifs is 1. The molecule has 0 aliphatic carbocycles. The minimum Gasteiger partial charge on any atom is -0.481 e. The molecule has 0 unspecified atom stereocenters. The SMILES string of the molecule is O=C(O)Cc1ncc(-c2ccc3oc(=O)[nH]c3c2)[nH]1. The summed E-state index contributed by atoms with van der Waals surface area (Å²) in [5.41, 5.74) is 2.52. The van der Waals surface area contributed by atoms with E-state index in [1.165, 1.54) is 0 Å². The molecule has 2 aromatic heterocycles. The zero-order valence-corrected chi connectivity index (χ0v) is 9.64. The number of hydrogen-bond acceptors (Lipinski definition) is 4. The Morgan fingerprint density at radius 1 is 1.37 bits per heavy atom. The summed E-state index contributed by atoms with van der Waals surface area (Å²) in [7, 11) is 0. The first-order chi connectivity index (χ1) is 9.11. The predicted molar refractivity (Wildman–Crippen MR) is 65.8 cm³/mol. The van der Waals surface area contributed by atoms with E-state index in [9.17, 15) is 9.59 Å². The fraction of sp³-hybridized carbons (Fsp3) is 0.0833. The monoisotopic (exact) mass is 259 g/mol. The van der Waals surface area contributed by atoms with E-state index in [0.29, 0.717) is 22.6 Å². The van der Waals surface area contributed by atoms with Crippen molar-refractivity contribution in [3.05, 3.63) is 40.8 Å². The third kappa shape index (κ3) is 2.13. The van der Waals surface area contributed by atoms with Gasteiger partial charge in [0, 0.05) is 5.56 Å². The number of nitrogens with one attached hydrogen (secondary N) is 2. The van der Waals surface area contributed by atoms with Crippen molar-refractivity contribution < 1.29 is 14.3 Å². The molecule has 1 aromatic carbocycles. The molecule has 3 N–H and O–H groups in total. The highest BCUT2D eigenvalue weighted by molar-refractivity contribution is 5.79.